The van der Waals surface area contributed by atoms with Gasteiger partial charge in [0.2, 0.25) is 0 Å². The van der Waals surface area contributed by atoms with Gasteiger partial charge in [0.05, 0.1) is 6.10 Å². The van der Waals surface area contributed by atoms with Crippen molar-refractivity contribution >= 4 is 0 Å². The minimum atomic E-state index is -0.189. The normalized spacial score (nSPS) is 34.9. The van der Waals surface area contributed by atoms with E-state index >= 15 is 0 Å². The summed E-state index contributed by atoms with van der Waals surface area (Å²) in [5.41, 5.74) is 0.923. The highest BCUT2D eigenvalue weighted by Gasteiger charge is 2.48. The van der Waals surface area contributed by atoms with Crippen LogP contribution in [0.1, 0.15) is 52.9 Å². The predicted molar refractivity (Wildman–Crippen MR) is 63.6 cm³/mol. The number of hydrogen-bond acceptors (Lipinski definition) is 1. The van der Waals surface area contributed by atoms with Crippen LogP contribution in [0, 0.1) is 16.7 Å². The van der Waals surface area contributed by atoms with Crippen LogP contribution in [0.15, 0.2) is 12.2 Å². The summed E-state index contributed by atoms with van der Waals surface area (Å²) in [6, 6.07) is 0. The molecule has 1 heteroatoms. The number of rotatable bonds is 2. The van der Waals surface area contributed by atoms with Crippen molar-refractivity contribution < 1.29 is 5.11 Å². The Morgan fingerprint density at radius 3 is 2.27 bits per heavy atom. The molecule has 0 spiro atoms. The molecular formula is C14H24O. The van der Waals surface area contributed by atoms with Gasteiger partial charge in [-0.3, -0.25) is 0 Å². The van der Waals surface area contributed by atoms with Crippen molar-refractivity contribution in [2.75, 3.05) is 0 Å². The number of aliphatic hydroxyl groups is 1. The number of aliphatic hydroxyl groups excluding tert-OH is 1. The molecule has 0 radical (unpaired) electrons. The molecule has 2 aliphatic carbocycles. The van der Waals surface area contributed by atoms with E-state index in [0.717, 1.165) is 12.8 Å². The van der Waals surface area contributed by atoms with Gasteiger partial charge in [-0.15, -0.1) is 0 Å². The van der Waals surface area contributed by atoms with E-state index in [1.807, 2.05) is 6.08 Å². The average molecular weight is 208 g/mol. The molecule has 2 aliphatic rings. The maximum Gasteiger partial charge on any atom is 0.0721 e. The summed E-state index contributed by atoms with van der Waals surface area (Å²) in [4.78, 5) is 0. The van der Waals surface area contributed by atoms with E-state index < -0.39 is 0 Å². The van der Waals surface area contributed by atoms with Crippen LogP contribution in [0.5, 0.6) is 0 Å². The SMILES string of the molecule is CC1(C(C)(C)C2C=CC(O)CC2)CCC1. The highest BCUT2D eigenvalue weighted by atomic mass is 16.3. The summed E-state index contributed by atoms with van der Waals surface area (Å²) < 4.78 is 0. The quantitative estimate of drug-likeness (QED) is 0.688. The lowest BCUT2D eigenvalue weighted by Gasteiger charge is -2.54. The maximum absolute atomic E-state index is 9.48. The Labute approximate surface area is 93.6 Å². The van der Waals surface area contributed by atoms with Crippen LogP contribution in [0.4, 0.5) is 0 Å². The molecule has 1 saturated carbocycles. The van der Waals surface area contributed by atoms with Crippen molar-refractivity contribution in [2.24, 2.45) is 16.7 Å². The monoisotopic (exact) mass is 208 g/mol. The number of allylic oxidation sites excluding steroid dienone is 1. The largest absolute Gasteiger partial charge is 0.389 e. The van der Waals surface area contributed by atoms with Crippen LogP contribution in [-0.2, 0) is 0 Å². The van der Waals surface area contributed by atoms with E-state index in [4.69, 9.17) is 0 Å². The molecule has 2 atom stereocenters. The van der Waals surface area contributed by atoms with E-state index in [1.54, 1.807) is 0 Å². The zero-order valence-electron chi connectivity index (χ0n) is 10.3. The van der Waals surface area contributed by atoms with Gasteiger partial charge in [-0.1, -0.05) is 39.3 Å². The first-order valence-electron chi connectivity index (χ1n) is 6.32. The summed E-state index contributed by atoms with van der Waals surface area (Å²) in [6.45, 7) is 7.27. The highest BCUT2D eigenvalue weighted by molar-refractivity contribution is 5.08. The molecule has 0 saturated heterocycles. The molecule has 1 nitrogen and oxygen atoms in total. The third kappa shape index (κ3) is 1.75. The van der Waals surface area contributed by atoms with E-state index in [1.165, 1.54) is 19.3 Å². The number of hydrogen-bond donors (Lipinski definition) is 1. The van der Waals surface area contributed by atoms with Crippen LogP contribution >= 0.6 is 0 Å². The molecule has 0 heterocycles. The summed E-state index contributed by atoms with van der Waals surface area (Å²) in [5.74, 6) is 0.659. The third-order valence-corrected chi connectivity index (χ3v) is 5.28. The predicted octanol–water partition coefficient (Wildman–Crippen LogP) is 3.53. The molecule has 2 unspecified atom stereocenters. The van der Waals surface area contributed by atoms with Crippen molar-refractivity contribution in [2.45, 2.75) is 59.0 Å². The van der Waals surface area contributed by atoms with E-state index in [-0.39, 0.29) is 6.10 Å². The molecule has 0 bridgehead atoms. The minimum Gasteiger partial charge on any atom is -0.389 e. The fraction of sp³-hybridized carbons (Fsp3) is 0.857. The van der Waals surface area contributed by atoms with Crippen molar-refractivity contribution in [3.63, 3.8) is 0 Å². The van der Waals surface area contributed by atoms with Gasteiger partial charge in [0.15, 0.2) is 0 Å². The van der Waals surface area contributed by atoms with E-state index in [2.05, 4.69) is 26.8 Å². The van der Waals surface area contributed by atoms with Crippen molar-refractivity contribution in [1.82, 2.24) is 0 Å². The molecule has 86 valence electrons. The first-order valence-corrected chi connectivity index (χ1v) is 6.32. The summed E-state index contributed by atoms with van der Waals surface area (Å²) >= 11 is 0. The molecule has 0 aromatic heterocycles. The third-order valence-electron chi connectivity index (χ3n) is 5.28. The van der Waals surface area contributed by atoms with Gasteiger partial charge in [-0.25, -0.2) is 0 Å². The van der Waals surface area contributed by atoms with Crippen molar-refractivity contribution in [3.05, 3.63) is 12.2 Å². The van der Waals surface area contributed by atoms with Crippen molar-refractivity contribution in [1.29, 1.82) is 0 Å². The molecule has 1 N–H and O–H groups in total. The molecule has 0 amide bonds. The van der Waals surface area contributed by atoms with E-state index in [9.17, 15) is 5.11 Å². The Kier molecular flexibility index (Phi) is 2.70. The van der Waals surface area contributed by atoms with Crippen LogP contribution in [0.2, 0.25) is 0 Å². The fourth-order valence-electron chi connectivity index (χ4n) is 3.21. The molecule has 15 heavy (non-hydrogen) atoms. The Bertz CT molecular complexity index is 261. The zero-order valence-corrected chi connectivity index (χ0v) is 10.3. The summed E-state index contributed by atoms with van der Waals surface area (Å²) in [5, 5.41) is 9.48. The lowest BCUT2D eigenvalue weighted by Crippen LogP contribution is -2.45. The zero-order chi connectivity index (χ0) is 11.1. The van der Waals surface area contributed by atoms with Crippen molar-refractivity contribution in [3.8, 4) is 0 Å². The van der Waals surface area contributed by atoms with Gasteiger partial charge < -0.3 is 5.11 Å². The lowest BCUT2D eigenvalue weighted by atomic mass is 9.50. The molecule has 1 fully saturated rings. The Balaban J connectivity index is 2.12. The van der Waals surface area contributed by atoms with Gasteiger partial charge in [0.1, 0.15) is 0 Å². The summed E-state index contributed by atoms with van der Waals surface area (Å²) in [6.07, 6.45) is 10.3. The smallest absolute Gasteiger partial charge is 0.0721 e. The van der Waals surface area contributed by atoms with Gasteiger partial charge >= 0.3 is 0 Å². The lowest BCUT2D eigenvalue weighted by molar-refractivity contribution is -0.0345. The Morgan fingerprint density at radius 2 is 1.87 bits per heavy atom. The Hall–Kier alpha value is -0.300. The fourth-order valence-corrected chi connectivity index (χ4v) is 3.21. The maximum atomic E-state index is 9.48. The average Bonchev–Trinajstić information content (AvgIpc) is 2.14. The second kappa shape index (κ2) is 3.62. The van der Waals surface area contributed by atoms with Gasteiger partial charge in [-0.05, 0) is 42.4 Å². The van der Waals surface area contributed by atoms with Gasteiger partial charge in [-0.2, -0.15) is 0 Å². The molecule has 2 rings (SSSR count). The van der Waals surface area contributed by atoms with Crippen LogP contribution < -0.4 is 0 Å². The van der Waals surface area contributed by atoms with E-state index in [0.29, 0.717) is 16.7 Å². The van der Waals surface area contributed by atoms with Crippen LogP contribution in [-0.4, -0.2) is 11.2 Å². The summed E-state index contributed by atoms with van der Waals surface area (Å²) in [7, 11) is 0. The highest BCUT2D eigenvalue weighted by Crippen LogP contribution is 2.58. The second-order valence-electron chi connectivity index (χ2n) is 6.27. The first kappa shape index (κ1) is 11.2. The molecule has 0 aromatic rings. The molecule has 0 aromatic carbocycles. The first-order chi connectivity index (χ1) is 6.96. The van der Waals surface area contributed by atoms with Crippen LogP contribution in [0.25, 0.3) is 0 Å². The van der Waals surface area contributed by atoms with Gasteiger partial charge in [0, 0.05) is 0 Å². The Morgan fingerprint density at radius 1 is 1.20 bits per heavy atom. The minimum absolute atomic E-state index is 0.189. The standard InChI is InChI=1S/C14H24O/c1-13(2,14(3)9-4-10-14)11-5-7-12(15)8-6-11/h5,7,11-12,15H,4,6,8-10H2,1-3H3. The molecule has 0 aliphatic heterocycles. The second-order valence-corrected chi connectivity index (χ2v) is 6.27. The topological polar surface area (TPSA) is 20.2 Å². The van der Waals surface area contributed by atoms with Crippen LogP contribution in [0.3, 0.4) is 0 Å². The van der Waals surface area contributed by atoms with Gasteiger partial charge in [0.25, 0.3) is 0 Å². The molecular weight excluding hydrogens is 184 g/mol.